The first-order valence-corrected chi connectivity index (χ1v) is 5.46. The molecular weight excluding hydrogens is 192 g/mol. The third-order valence-electron chi connectivity index (χ3n) is 2.40. The smallest absolute Gasteiger partial charge is 0.150 e. The molecule has 4 nitrogen and oxygen atoms in total. The van der Waals surface area contributed by atoms with E-state index in [9.17, 15) is 0 Å². The van der Waals surface area contributed by atoms with E-state index in [4.69, 9.17) is 9.26 Å². The molecule has 0 spiro atoms. The lowest BCUT2D eigenvalue weighted by atomic mass is 10.2. The summed E-state index contributed by atoms with van der Waals surface area (Å²) < 4.78 is 10.3. The van der Waals surface area contributed by atoms with E-state index in [1.807, 2.05) is 6.07 Å². The molecule has 1 rings (SSSR count). The van der Waals surface area contributed by atoms with Crippen LogP contribution in [0.15, 0.2) is 10.6 Å². The van der Waals surface area contributed by atoms with E-state index in [-0.39, 0.29) is 0 Å². The summed E-state index contributed by atoms with van der Waals surface area (Å²) in [6.07, 6.45) is 1.96. The van der Waals surface area contributed by atoms with Crippen LogP contribution in [0.5, 0.6) is 0 Å². The standard InChI is InChI=1S/C11H20N2O2/c1-4-9-6-11(15-13-9)7-12-10(5-2)8-14-3/h6,10,12H,4-5,7-8H2,1-3H3. The molecule has 0 amide bonds. The highest BCUT2D eigenvalue weighted by Crippen LogP contribution is 2.04. The third-order valence-corrected chi connectivity index (χ3v) is 2.40. The summed E-state index contributed by atoms with van der Waals surface area (Å²) in [5.41, 5.74) is 1.01. The summed E-state index contributed by atoms with van der Waals surface area (Å²) in [4.78, 5) is 0. The van der Waals surface area contributed by atoms with Crippen LogP contribution < -0.4 is 5.32 Å². The number of hydrogen-bond acceptors (Lipinski definition) is 4. The van der Waals surface area contributed by atoms with Gasteiger partial charge in [-0.25, -0.2) is 0 Å². The lowest BCUT2D eigenvalue weighted by Gasteiger charge is -2.14. The van der Waals surface area contributed by atoms with Gasteiger partial charge in [0.1, 0.15) is 0 Å². The minimum Gasteiger partial charge on any atom is -0.383 e. The first-order valence-electron chi connectivity index (χ1n) is 5.46. The fraction of sp³-hybridized carbons (Fsp3) is 0.727. The van der Waals surface area contributed by atoms with E-state index in [2.05, 4.69) is 24.3 Å². The van der Waals surface area contributed by atoms with Gasteiger partial charge in [0.05, 0.1) is 18.8 Å². The minimum atomic E-state index is 0.380. The van der Waals surface area contributed by atoms with Crippen LogP contribution in [-0.4, -0.2) is 24.9 Å². The highest BCUT2D eigenvalue weighted by atomic mass is 16.5. The van der Waals surface area contributed by atoms with E-state index in [0.717, 1.165) is 37.4 Å². The Morgan fingerprint density at radius 2 is 2.33 bits per heavy atom. The molecule has 4 heteroatoms. The van der Waals surface area contributed by atoms with Crippen molar-refractivity contribution in [3.05, 3.63) is 17.5 Å². The Morgan fingerprint density at radius 3 is 2.87 bits per heavy atom. The van der Waals surface area contributed by atoms with Crippen molar-refractivity contribution in [2.24, 2.45) is 0 Å². The number of methoxy groups -OCH3 is 1. The molecule has 1 N–H and O–H groups in total. The number of ether oxygens (including phenoxy) is 1. The predicted molar refractivity (Wildman–Crippen MR) is 58.7 cm³/mol. The Balaban J connectivity index is 2.34. The fourth-order valence-corrected chi connectivity index (χ4v) is 1.37. The zero-order valence-corrected chi connectivity index (χ0v) is 9.75. The van der Waals surface area contributed by atoms with Crippen LogP contribution in [0.25, 0.3) is 0 Å². The molecule has 0 saturated carbocycles. The second kappa shape index (κ2) is 6.58. The third kappa shape index (κ3) is 4.01. The summed E-state index contributed by atoms with van der Waals surface area (Å²) in [6, 6.07) is 2.37. The van der Waals surface area contributed by atoms with Crippen molar-refractivity contribution < 1.29 is 9.26 Å². The number of aromatic nitrogens is 1. The van der Waals surface area contributed by atoms with Crippen molar-refractivity contribution >= 4 is 0 Å². The number of aryl methyl sites for hydroxylation is 1. The maximum absolute atomic E-state index is 5.18. The average molecular weight is 212 g/mol. The molecule has 15 heavy (non-hydrogen) atoms. The molecule has 0 aliphatic rings. The van der Waals surface area contributed by atoms with E-state index in [0.29, 0.717) is 6.04 Å². The molecule has 86 valence electrons. The monoisotopic (exact) mass is 212 g/mol. The molecule has 1 unspecified atom stereocenters. The van der Waals surface area contributed by atoms with Crippen molar-refractivity contribution in [2.45, 2.75) is 39.3 Å². The van der Waals surface area contributed by atoms with E-state index >= 15 is 0 Å². The molecule has 0 aliphatic carbocycles. The quantitative estimate of drug-likeness (QED) is 0.748. The van der Waals surface area contributed by atoms with Gasteiger partial charge < -0.3 is 14.6 Å². The molecule has 0 saturated heterocycles. The van der Waals surface area contributed by atoms with Crippen molar-refractivity contribution in [1.29, 1.82) is 0 Å². The Kier molecular flexibility index (Phi) is 5.36. The van der Waals surface area contributed by atoms with Crippen LogP contribution in [0.2, 0.25) is 0 Å². The van der Waals surface area contributed by atoms with Gasteiger partial charge in [-0.05, 0) is 12.8 Å². The first-order chi connectivity index (χ1) is 7.30. The van der Waals surface area contributed by atoms with E-state index in [1.165, 1.54) is 0 Å². The Morgan fingerprint density at radius 1 is 1.53 bits per heavy atom. The highest BCUT2D eigenvalue weighted by molar-refractivity contribution is 5.04. The second-order valence-electron chi connectivity index (χ2n) is 3.58. The van der Waals surface area contributed by atoms with E-state index in [1.54, 1.807) is 7.11 Å². The number of nitrogens with one attached hydrogen (secondary N) is 1. The fourth-order valence-electron chi connectivity index (χ4n) is 1.37. The van der Waals surface area contributed by atoms with Gasteiger partial charge >= 0.3 is 0 Å². The van der Waals surface area contributed by atoms with Gasteiger partial charge in [0.15, 0.2) is 5.76 Å². The molecule has 0 radical (unpaired) electrons. The summed E-state index contributed by atoms with van der Waals surface area (Å²) in [7, 11) is 1.72. The topological polar surface area (TPSA) is 47.3 Å². The minimum absolute atomic E-state index is 0.380. The molecule has 1 aromatic rings. The van der Waals surface area contributed by atoms with Crippen molar-refractivity contribution in [1.82, 2.24) is 10.5 Å². The number of hydrogen-bond donors (Lipinski definition) is 1. The van der Waals surface area contributed by atoms with Gasteiger partial charge in [0, 0.05) is 19.2 Å². The normalized spacial score (nSPS) is 13.0. The molecule has 1 aromatic heterocycles. The van der Waals surface area contributed by atoms with Gasteiger partial charge in [-0.1, -0.05) is 19.0 Å². The molecule has 0 bridgehead atoms. The lowest BCUT2D eigenvalue weighted by Crippen LogP contribution is -2.31. The van der Waals surface area contributed by atoms with Gasteiger partial charge in [0.2, 0.25) is 0 Å². The molecule has 0 aromatic carbocycles. The van der Waals surface area contributed by atoms with Crippen LogP contribution in [0.4, 0.5) is 0 Å². The SMILES string of the molecule is CCc1cc(CNC(CC)COC)on1. The number of rotatable bonds is 7. The molecule has 0 aliphatic heterocycles. The molecule has 1 heterocycles. The van der Waals surface area contributed by atoms with Gasteiger partial charge in [-0.15, -0.1) is 0 Å². The largest absolute Gasteiger partial charge is 0.383 e. The van der Waals surface area contributed by atoms with Crippen LogP contribution in [0.3, 0.4) is 0 Å². The van der Waals surface area contributed by atoms with Crippen LogP contribution >= 0.6 is 0 Å². The van der Waals surface area contributed by atoms with Crippen molar-refractivity contribution in [2.75, 3.05) is 13.7 Å². The molecule has 1 atom stereocenters. The predicted octanol–water partition coefficient (Wildman–Crippen LogP) is 1.75. The van der Waals surface area contributed by atoms with Gasteiger partial charge in [0.25, 0.3) is 0 Å². The first kappa shape index (κ1) is 12.2. The maximum atomic E-state index is 5.18. The summed E-state index contributed by atoms with van der Waals surface area (Å²) in [6.45, 7) is 5.64. The van der Waals surface area contributed by atoms with Gasteiger partial charge in [-0.2, -0.15) is 0 Å². The van der Waals surface area contributed by atoms with Crippen LogP contribution in [-0.2, 0) is 17.7 Å². The summed E-state index contributed by atoms with van der Waals surface area (Å²) >= 11 is 0. The highest BCUT2D eigenvalue weighted by Gasteiger charge is 2.07. The summed E-state index contributed by atoms with van der Waals surface area (Å²) in [5, 5.41) is 7.30. The second-order valence-corrected chi connectivity index (χ2v) is 3.58. The van der Waals surface area contributed by atoms with Crippen LogP contribution in [0.1, 0.15) is 31.7 Å². The Hall–Kier alpha value is -0.870. The number of nitrogens with zero attached hydrogens (tertiary/aromatic N) is 1. The summed E-state index contributed by atoms with van der Waals surface area (Å²) in [5.74, 6) is 0.890. The molecular formula is C11H20N2O2. The average Bonchev–Trinajstić information content (AvgIpc) is 2.72. The van der Waals surface area contributed by atoms with Crippen LogP contribution in [0, 0.1) is 0 Å². The van der Waals surface area contributed by atoms with Gasteiger partial charge in [-0.3, -0.25) is 0 Å². The van der Waals surface area contributed by atoms with Crippen molar-refractivity contribution in [3.8, 4) is 0 Å². The van der Waals surface area contributed by atoms with E-state index < -0.39 is 0 Å². The maximum Gasteiger partial charge on any atom is 0.150 e. The van der Waals surface area contributed by atoms with Crippen molar-refractivity contribution in [3.63, 3.8) is 0 Å². The molecule has 0 fully saturated rings. The zero-order chi connectivity index (χ0) is 11.1. The Labute approximate surface area is 91.0 Å². The zero-order valence-electron chi connectivity index (χ0n) is 9.75. The lowest BCUT2D eigenvalue weighted by molar-refractivity contribution is 0.162. The Bertz CT molecular complexity index is 273.